The summed E-state index contributed by atoms with van der Waals surface area (Å²) in [5, 5.41) is 3.70. The van der Waals surface area contributed by atoms with E-state index in [0.717, 1.165) is 13.0 Å². The average molecular weight is 264 g/mol. The van der Waals surface area contributed by atoms with E-state index in [-0.39, 0.29) is 11.1 Å². The molecule has 5 heteroatoms. The highest BCUT2D eigenvalue weighted by atomic mass is 35.5. The van der Waals surface area contributed by atoms with Gasteiger partial charge in [-0.3, -0.25) is 0 Å². The highest BCUT2D eigenvalue weighted by Crippen LogP contribution is 2.30. The summed E-state index contributed by atoms with van der Waals surface area (Å²) in [6, 6.07) is 2.77. The molecule has 1 aromatic carbocycles. The van der Waals surface area contributed by atoms with Gasteiger partial charge in [-0.1, -0.05) is 23.2 Å². The summed E-state index contributed by atoms with van der Waals surface area (Å²) in [5.41, 5.74) is 0.651. The van der Waals surface area contributed by atoms with Gasteiger partial charge in [0.2, 0.25) is 0 Å². The number of hydrogen-bond acceptors (Lipinski definition) is 2. The zero-order valence-corrected chi connectivity index (χ0v) is 10.1. The van der Waals surface area contributed by atoms with E-state index in [2.05, 4.69) is 5.32 Å². The number of ether oxygens (including phenoxy) is 1. The molecule has 1 fully saturated rings. The second kappa shape index (κ2) is 5.32. The lowest BCUT2D eigenvalue weighted by molar-refractivity contribution is 0.0667. The maximum absolute atomic E-state index is 13.3. The van der Waals surface area contributed by atoms with Crippen molar-refractivity contribution in [2.45, 2.75) is 12.5 Å². The molecule has 1 atom stereocenters. The van der Waals surface area contributed by atoms with Gasteiger partial charge in [0.15, 0.2) is 0 Å². The Morgan fingerprint density at radius 2 is 2.12 bits per heavy atom. The second-order valence-corrected chi connectivity index (χ2v) is 4.52. The van der Waals surface area contributed by atoms with Crippen LogP contribution in [0.1, 0.15) is 18.1 Å². The van der Waals surface area contributed by atoms with E-state index in [1.54, 1.807) is 0 Å². The molecule has 1 heterocycles. The van der Waals surface area contributed by atoms with Gasteiger partial charge in [0.1, 0.15) is 5.82 Å². The molecule has 0 amide bonds. The van der Waals surface area contributed by atoms with Crippen LogP contribution in [0, 0.1) is 5.82 Å². The minimum Gasteiger partial charge on any atom is -0.372 e. The molecule has 0 radical (unpaired) electrons. The Hall–Kier alpha value is -0.350. The highest BCUT2D eigenvalue weighted by Gasteiger charge is 2.19. The van der Waals surface area contributed by atoms with Crippen LogP contribution < -0.4 is 5.32 Å². The molecule has 2 rings (SSSR count). The van der Waals surface area contributed by atoms with Crippen molar-refractivity contribution in [3.8, 4) is 0 Å². The van der Waals surface area contributed by atoms with E-state index in [1.807, 2.05) is 0 Å². The molecule has 1 saturated heterocycles. The number of hydrogen-bond donors (Lipinski definition) is 1. The van der Waals surface area contributed by atoms with Crippen molar-refractivity contribution in [2.75, 3.05) is 19.7 Å². The van der Waals surface area contributed by atoms with E-state index in [4.69, 9.17) is 27.9 Å². The van der Waals surface area contributed by atoms with Crippen molar-refractivity contribution in [2.24, 2.45) is 0 Å². The quantitative estimate of drug-likeness (QED) is 0.786. The second-order valence-electron chi connectivity index (χ2n) is 3.70. The van der Waals surface area contributed by atoms with Crippen molar-refractivity contribution in [3.05, 3.63) is 33.6 Å². The van der Waals surface area contributed by atoms with Gasteiger partial charge in [-0.2, -0.15) is 0 Å². The largest absolute Gasteiger partial charge is 0.372 e. The molecule has 1 aromatic rings. The van der Waals surface area contributed by atoms with Gasteiger partial charge in [-0.15, -0.1) is 0 Å². The van der Waals surface area contributed by atoms with Crippen molar-refractivity contribution in [3.63, 3.8) is 0 Å². The fraction of sp³-hybridized carbons (Fsp3) is 0.455. The molecule has 0 spiro atoms. The van der Waals surface area contributed by atoms with Gasteiger partial charge >= 0.3 is 0 Å². The lowest BCUT2D eigenvalue weighted by Crippen LogP contribution is -2.20. The molecule has 1 unspecified atom stereocenters. The van der Waals surface area contributed by atoms with E-state index in [9.17, 15) is 4.39 Å². The number of rotatable bonds is 1. The Morgan fingerprint density at radius 1 is 1.31 bits per heavy atom. The molecule has 1 aliphatic heterocycles. The topological polar surface area (TPSA) is 21.3 Å². The minimum atomic E-state index is -0.464. The van der Waals surface area contributed by atoms with Gasteiger partial charge < -0.3 is 10.1 Å². The van der Waals surface area contributed by atoms with E-state index < -0.39 is 5.82 Å². The Balaban J connectivity index is 2.27. The lowest BCUT2D eigenvalue weighted by atomic mass is 10.1. The fourth-order valence-electron chi connectivity index (χ4n) is 1.70. The first-order valence-electron chi connectivity index (χ1n) is 5.15. The summed E-state index contributed by atoms with van der Waals surface area (Å²) in [6.07, 6.45) is 0.742. The van der Waals surface area contributed by atoms with Crippen LogP contribution in [0.3, 0.4) is 0 Å². The molecular formula is C11H12Cl2FNO. The Kier molecular flexibility index (Phi) is 4.03. The van der Waals surface area contributed by atoms with Crippen LogP contribution in [-0.2, 0) is 4.74 Å². The summed E-state index contributed by atoms with van der Waals surface area (Å²) < 4.78 is 19.0. The van der Waals surface area contributed by atoms with Crippen molar-refractivity contribution < 1.29 is 9.13 Å². The Bertz CT molecular complexity index is 378. The highest BCUT2D eigenvalue weighted by molar-refractivity contribution is 6.35. The third kappa shape index (κ3) is 2.66. The minimum absolute atomic E-state index is 0.0373. The first kappa shape index (κ1) is 12.1. The van der Waals surface area contributed by atoms with Gasteiger partial charge in [0.25, 0.3) is 0 Å². The van der Waals surface area contributed by atoms with Gasteiger partial charge in [0.05, 0.1) is 11.1 Å². The molecule has 1 aliphatic rings. The van der Waals surface area contributed by atoms with Crippen LogP contribution in [0.25, 0.3) is 0 Å². The molecule has 0 aliphatic carbocycles. The summed E-state index contributed by atoms with van der Waals surface area (Å²) in [6.45, 7) is 2.20. The molecule has 0 bridgehead atoms. The monoisotopic (exact) mass is 263 g/mol. The van der Waals surface area contributed by atoms with Gasteiger partial charge in [0, 0.05) is 23.7 Å². The smallest absolute Gasteiger partial charge is 0.142 e. The zero-order chi connectivity index (χ0) is 11.5. The van der Waals surface area contributed by atoms with E-state index in [0.29, 0.717) is 23.7 Å². The van der Waals surface area contributed by atoms with Crippen molar-refractivity contribution in [1.29, 1.82) is 0 Å². The predicted molar refractivity (Wildman–Crippen MR) is 62.6 cm³/mol. The predicted octanol–water partition coefficient (Wildman–Crippen LogP) is 3.18. The normalized spacial score (nSPS) is 21.8. The summed E-state index contributed by atoms with van der Waals surface area (Å²) in [4.78, 5) is 0. The maximum Gasteiger partial charge on any atom is 0.142 e. The van der Waals surface area contributed by atoms with Crippen LogP contribution >= 0.6 is 23.2 Å². The van der Waals surface area contributed by atoms with Crippen molar-refractivity contribution >= 4 is 23.2 Å². The lowest BCUT2D eigenvalue weighted by Gasteiger charge is -2.17. The Morgan fingerprint density at radius 3 is 2.94 bits per heavy atom. The maximum atomic E-state index is 13.3. The molecule has 88 valence electrons. The first-order chi connectivity index (χ1) is 7.68. The fourth-order valence-corrected chi connectivity index (χ4v) is 2.20. The molecule has 0 saturated carbocycles. The summed E-state index contributed by atoms with van der Waals surface area (Å²) >= 11 is 11.7. The van der Waals surface area contributed by atoms with Gasteiger partial charge in [-0.05, 0) is 25.1 Å². The first-order valence-corrected chi connectivity index (χ1v) is 5.91. The van der Waals surface area contributed by atoms with Crippen molar-refractivity contribution in [1.82, 2.24) is 5.32 Å². The number of halogens is 3. The SMILES string of the molecule is Fc1cc(C2CNCCCO2)c(Cl)cc1Cl. The molecular weight excluding hydrogens is 252 g/mol. The van der Waals surface area contributed by atoms with Gasteiger partial charge in [-0.25, -0.2) is 4.39 Å². The van der Waals surface area contributed by atoms with E-state index in [1.165, 1.54) is 12.1 Å². The molecule has 16 heavy (non-hydrogen) atoms. The van der Waals surface area contributed by atoms with Crippen LogP contribution in [0.4, 0.5) is 4.39 Å². The summed E-state index contributed by atoms with van der Waals surface area (Å²) in [7, 11) is 0. The number of nitrogens with one attached hydrogen (secondary N) is 1. The number of benzene rings is 1. The standard InChI is InChI=1S/C11H12Cl2FNO/c12-8-5-9(13)10(14)4-7(8)11-6-15-2-1-3-16-11/h4-5,11,15H,1-3,6H2. The third-order valence-electron chi connectivity index (χ3n) is 2.53. The molecule has 0 aromatic heterocycles. The third-order valence-corrected chi connectivity index (χ3v) is 3.15. The molecule has 1 N–H and O–H groups in total. The van der Waals surface area contributed by atoms with Crippen LogP contribution in [0.2, 0.25) is 10.0 Å². The zero-order valence-electron chi connectivity index (χ0n) is 8.60. The Labute approximate surface area is 104 Å². The van der Waals surface area contributed by atoms with Crippen LogP contribution in [0.5, 0.6) is 0 Å². The average Bonchev–Trinajstić information content (AvgIpc) is 2.52. The van der Waals surface area contributed by atoms with E-state index >= 15 is 0 Å². The van der Waals surface area contributed by atoms with Crippen LogP contribution in [-0.4, -0.2) is 19.7 Å². The summed E-state index contributed by atoms with van der Waals surface area (Å²) in [5.74, 6) is -0.464. The van der Waals surface area contributed by atoms with Crippen LogP contribution in [0.15, 0.2) is 12.1 Å². The molecule has 2 nitrogen and oxygen atoms in total.